The molecule has 0 spiro atoms. The maximum atomic E-state index is 10.7. The molecule has 1 atom stereocenters. The summed E-state index contributed by atoms with van der Waals surface area (Å²) in [5, 5.41) is 4.12. The Balaban J connectivity index is 2.76. The van der Waals surface area contributed by atoms with E-state index in [0.29, 0.717) is 12.3 Å². The van der Waals surface area contributed by atoms with Crippen molar-refractivity contribution in [3.63, 3.8) is 0 Å². The van der Waals surface area contributed by atoms with Crippen molar-refractivity contribution in [1.29, 1.82) is 0 Å². The van der Waals surface area contributed by atoms with Crippen LogP contribution in [0.5, 0.6) is 0 Å². The topological polar surface area (TPSA) is 81.4 Å². The maximum absolute atomic E-state index is 10.7. The quantitative estimate of drug-likeness (QED) is 0.573. The lowest BCUT2D eigenvalue weighted by molar-refractivity contribution is 0.134. The second-order valence-corrected chi connectivity index (χ2v) is 4.17. The molecule has 0 bridgehead atoms. The average Bonchev–Trinajstić information content (AvgIpc) is 2.34. The van der Waals surface area contributed by atoms with Crippen LogP contribution in [0.15, 0.2) is 11.8 Å². The first-order valence-electron chi connectivity index (χ1n) is 3.13. The number of hydrogen-bond acceptors (Lipinski definition) is 4. The van der Waals surface area contributed by atoms with E-state index in [2.05, 4.69) is 5.48 Å². The van der Waals surface area contributed by atoms with Crippen molar-refractivity contribution >= 4 is 10.0 Å². The molecular formula is C5H10N2O3S. The van der Waals surface area contributed by atoms with Crippen LogP contribution >= 0.6 is 0 Å². The smallest absolute Gasteiger partial charge is 0.219 e. The third kappa shape index (κ3) is 1.92. The van der Waals surface area contributed by atoms with Gasteiger partial charge in [-0.2, -0.15) is 5.48 Å². The van der Waals surface area contributed by atoms with Gasteiger partial charge in [0.2, 0.25) is 10.0 Å². The molecule has 0 saturated carbocycles. The van der Waals surface area contributed by atoms with Crippen LogP contribution in [0.2, 0.25) is 0 Å². The van der Waals surface area contributed by atoms with E-state index >= 15 is 0 Å². The Morgan fingerprint density at radius 2 is 2.45 bits per heavy atom. The first kappa shape index (κ1) is 8.51. The van der Waals surface area contributed by atoms with Gasteiger partial charge < -0.3 is 4.84 Å². The van der Waals surface area contributed by atoms with Crippen LogP contribution in [-0.4, -0.2) is 20.2 Å². The van der Waals surface area contributed by atoms with Gasteiger partial charge in [-0.05, 0) is 13.0 Å². The third-order valence-electron chi connectivity index (χ3n) is 1.47. The summed E-state index contributed by atoms with van der Waals surface area (Å²) in [5.41, 5.74) is 2.51. The van der Waals surface area contributed by atoms with E-state index in [0.717, 1.165) is 0 Å². The number of sulfonamides is 1. The van der Waals surface area contributed by atoms with Crippen LogP contribution in [0.25, 0.3) is 0 Å². The molecular weight excluding hydrogens is 168 g/mol. The zero-order chi connectivity index (χ0) is 8.48. The molecule has 0 aromatic heterocycles. The summed E-state index contributed by atoms with van der Waals surface area (Å²) in [6.07, 6.45) is 1.65. The lowest BCUT2D eigenvalue weighted by atomic mass is 10.4. The molecule has 3 N–H and O–H groups in total. The summed E-state index contributed by atoms with van der Waals surface area (Å²) in [4.78, 5) is 4.79. The molecule has 5 nitrogen and oxygen atoms in total. The Kier molecular flexibility index (Phi) is 2.17. The number of primary sulfonamides is 1. The highest BCUT2D eigenvalue weighted by Gasteiger charge is 2.24. The monoisotopic (exact) mass is 178 g/mol. The second-order valence-electron chi connectivity index (χ2n) is 2.29. The normalized spacial score (nSPS) is 20.7. The highest BCUT2D eigenvalue weighted by molar-refractivity contribution is 7.89. The van der Waals surface area contributed by atoms with Crippen molar-refractivity contribution in [1.82, 2.24) is 5.48 Å². The Morgan fingerprint density at radius 1 is 1.82 bits per heavy atom. The molecule has 0 aliphatic carbocycles. The lowest BCUT2D eigenvalue weighted by Gasteiger charge is -2.08. The predicted octanol–water partition coefficient (Wildman–Crippen LogP) is -0.918. The van der Waals surface area contributed by atoms with Gasteiger partial charge >= 0.3 is 0 Å². The molecule has 6 heteroatoms. The average molecular weight is 178 g/mol. The summed E-state index contributed by atoms with van der Waals surface area (Å²) < 4.78 is 21.5. The Hall–Kier alpha value is -0.590. The lowest BCUT2D eigenvalue weighted by Crippen LogP contribution is -2.28. The van der Waals surface area contributed by atoms with Gasteiger partial charge in [0, 0.05) is 0 Å². The fraction of sp³-hybridized carbons (Fsp3) is 0.600. The van der Waals surface area contributed by atoms with E-state index in [1.54, 1.807) is 6.08 Å². The molecule has 1 rings (SSSR count). The van der Waals surface area contributed by atoms with Crippen LogP contribution in [-0.2, 0) is 14.9 Å². The molecule has 64 valence electrons. The van der Waals surface area contributed by atoms with E-state index < -0.39 is 15.3 Å². The van der Waals surface area contributed by atoms with E-state index in [1.807, 2.05) is 0 Å². The minimum absolute atomic E-state index is 0.368. The summed E-state index contributed by atoms with van der Waals surface area (Å²) in [5.74, 6) is 0.368. The van der Waals surface area contributed by atoms with Gasteiger partial charge in [0.05, 0.1) is 6.54 Å². The minimum atomic E-state index is -3.52. The minimum Gasteiger partial charge on any atom is -0.412 e. The van der Waals surface area contributed by atoms with E-state index in [4.69, 9.17) is 9.98 Å². The molecule has 1 heterocycles. The van der Waals surface area contributed by atoms with E-state index in [1.165, 1.54) is 6.92 Å². The summed E-state index contributed by atoms with van der Waals surface area (Å²) >= 11 is 0. The molecule has 0 aromatic carbocycles. The standard InChI is InChI=1S/C5H10N2O3S/c1-4(11(6,8)9)5-2-3-7-10-5/h2,4,7H,3H2,1H3,(H2,6,8,9). The van der Waals surface area contributed by atoms with Crippen LogP contribution in [0.4, 0.5) is 0 Å². The molecule has 11 heavy (non-hydrogen) atoms. The van der Waals surface area contributed by atoms with Crippen LogP contribution in [0.3, 0.4) is 0 Å². The maximum Gasteiger partial charge on any atom is 0.219 e. The molecule has 0 radical (unpaired) electrons. The molecule has 0 amide bonds. The zero-order valence-electron chi connectivity index (χ0n) is 6.07. The third-order valence-corrected chi connectivity index (χ3v) is 2.69. The zero-order valence-corrected chi connectivity index (χ0v) is 6.89. The Bertz CT molecular complexity index is 269. The van der Waals surface area contributed by atoms with E-state index in [-0.39, 0.29) is 0 Å². The fourth-order valence-electron chi connectivity index (χ4n) is 0.720. The van der Waals surface area contributed by atoms with Gasteiger partial charge in [-0.3, -0.25) is 0 Å². The van der Waals surface area contributed by atoms with Gasteiger partial charge in [-0.15, -0.1) is 0 Å². The summed E-state index contributed by atoms with van der Waals surface area (Å²) in [7, 11) is -3.52. The number of nitrogens with two attached hydrogens (primary N) is 1. The van der Waals surface area contributed by atoms with Crippen LogP contribution in [0, 0.1) is 0 Å². The van der Waals surface area contributed by atoms with Crippen molar-refractivity contribution in [3.05, 3.63) is 11.8 Å². The van der Waals surface area contributed by atoms with Gasteiger partial charge in [-0.1, -0.05) is 0 Å². The van der Waals surface area contributed by atoms with Crippen LogP contribution < -0.4 is 10.6 Å². The van der Waals surface area contributed by atoms with Crippen molar-refractivity contribution in [2.75, 3.05) is 6.54 Å². The first-order chi connectivity index (χ1) is 5.02. The molecule has 0 saturated heterocycles. The van der Waals surface area contributed by atoms with Crippen molar-refractivity contribution in [2.24, 2.45) is 5.14 Å². The van der Waals surface area contributed by atoms with Crippen molar-refractivity contribution in [3.8, 4) is 0 Å². The Labute approximate surface area is 65.2 Å². The SMILES string of the molecule is CC(C1=CCNO1)S(N)(=O)=O. The molecule has 0 aromatic rings. The van der Waals surface area contributed by atoms with Crippen molar-refractivity contribution in [2.45, 2.75) is 12.2 Å². The number of nitrogens with one attached hydrogen (secondary N) is 1. The molecule has 0 fully saturated rings. The number of hydrogen-bond donors (Lipinski definition) is 2. The van der Waals surface area contributed by atoms with Crippen molar-refractivity contribution < 1.29 is 13.3 Å². The highest BCUT2D eigenvalue weighted by atomic mass is 32.2. The summed E-state index contributed by atoms with van der Waals surface area (Å²) in [6.45, 7) is 2.00. The largest absolute Gasteiger partial charge is 0.412 e. The highest BCUT2D eigenvalue weighted by Crippen LogP contribution is 2.11. The van der Waals surface area contributed by atoms with E-state index in [9.17, 15) is 8.42 Å². The van der Waals surface area contributed by atoms with Gasteiger partial charge in [0.25, 0.3) is 0 Å². The van der Waals surface area contributed by atoms with Gasteiger partial charge in [0.15, 0.2) is 0 Å². The predicted molar refractivity (Wildman–Crippen MR) is 39.7 cm³/mol. The summed E-state index contributed by atoms with van der Waals surface area (Å²) in [6, 6.07) is 0. The number of hydroxylamine groups is 1. The van der Waals surface area contributed by atoms with Gasteiger partial charge in [0.1, 0.15) is 11.0 Å². The Morgan fingerprint density at radius 3 is 2.82 bits per heavy atom. The second kappa shape index (κ2) is 2.80. The molecule has 1 unspecified atom stereocenters. The molecule has 1 aliphatic rings. The molecule has 1 aliphatic heterocycles. The first-order valence-corrected chi connectivity index (χ1v) is 4.74. The fourth-order valence-corrected chi connectivity index (χ4v) is 1.19. The van der Waals surface area contributed by atoms with Gasteiger partial charge in [-0.25, -0.2) is 13.6 Å². The number of rotatable bonds is 2. The van der Waals surface area contributed by atoms with Crippen LogP contribution in [0.1, 0.15) is 6.92 Å².